The highest BCUT2D eigenvalue weighted by Gasteiger charge is 2.31. The van der Waals surface area contributed by atoms with Crippen molar-refractivity contribution in [2.24, 2.45) is 5.92 Å². The summed E-state index contributed by atoms with van der Waals surface area (Å²) in [5.74, 6) is -0.497. The molecule has 0 aliphatic carbocycles. The predicted molar refractivity (Wildman–Crippen MR) is 115 cm³/mol. The van der Waals surface area contributed by atoms with Gasteiger partial charge in [0.15, 0.2) is 0 Å². The zero-order chi connectivity index (χ0) is 23.5. The van der Waals surface area contributed by atoms with Gasteiger partial charge in [0.05, 0.1) is 18.7 Å². The molecule has 32 heavy (non-hydrogen) atoms. The quantitative estimate of drug-likeness (QED) is 0.410. The summed E-state index contributed by atoms with van der Waals surface area (Å²) in [4.78, 5) is 11.3. The standard InChI is InChI=1S/C24H26F3NO4/c1-4-16(5-2)14-31-22-9-7-19(32-24(25,26)27)10-18(22)13-28-12-15(3)20-11-17(23(29)30)6-8-21(20)28/h6-12,16H,4-5,13-14H2,1-3H3,(H,29,30). The Kier molecular flexibility index (Phi) is 7.01. The number of aromatic nitrogens is 1. The Morgan fingerprint density at radius 2 is 1.84 bits per heavy atom. The minimum absolute atomic E-state index is 0.174. The van der Waals surface area contributed by atoms with Gasteiger partial charge in [0.2, 0.25) is 0 Å². The Morgan fingerprint density at radius 3 is 2.47 bits per heavy atom. The lowest BCUT2D eigenvalue weighted by Gasteiger charge is -2.18. The molecule has 0 radical (unpaired) electrons. The van der Waals surface area contributed by atoms with Gasteiger partial charge in [-0.05, 0) is 54.8 Å². The van der Waals surface area contributed by atoms with Crippen LogP contribution in [0.3, 0.4) is 0 Å². The molecule has 0 fully saturated rings. The molecule has 0 spiro atoms. The molecular weight excluding hydrogens is 423 g/mol. The van der Waals surface area contributed by atoms with Gasteiger partial charge < -0.3 is 19.1 Å². The number of hydrogen-bond acceptors (Lipinski definition) is 3. The van der Waals surface area contributed by atoms with E-state index >= 15 is 0 Å². The highest BCUT2D eigenvalue weighted by Crippen LogP contribution is 2.31. The van der Waals surface area contributed by atoms with Gasteiger partial charge in [0.1, 0.15) is 11.5 Å². The largest absolute Gasteiger partial charge is 0.573 e. The highest BCUT2D eigenvalue weighted by atomic mass is 19.4. The number of ether oxygens (including phenoxy) is 2. The normalized spacial score (nSPS) is 11.8. The number of halogens is 3. The molecule has 0 aliphatic heterocycles. The van der Waals surface area contributed by atoms with E-state index < -0.39 is 12.3 Å². The lowest BCUT2D eigenvalue weighted by Crippen LogP contribution is -2.17. The predicted octanol–water partition coefficient (Wildman–Crippen LogP) is 6.41. The molecule has 0 aliphatic rings. The van der Waals surface area contributed by atoms with E-state index in [9.17, 15) is 23.1 Å². The van der Waals surface area contributed by atoms with Crippen LogP contribution in [0.1, 0.15) is 48.2 Å². The molecule has 5 nitrogen and oxygen atoms in total. The topological polar surface area (TPSA) is 60.7 Å². The van der Waals surface area contributed by atoms with E-state index in [1.807, 2.05) is 17.7 Å². The Balaban J connectivity index is 1.98. The van der Waals surface area contributed by atoms with Crippen molar-refractivity contribution in [3.8, 4) is 11.5 Å². The summed E-state index contributed by atoms with van der Waals surface area (Å²) in [6.45, 7) is 6.70. The second-order valence-corrected chi connectivity index (χ2v) is 7.79. The van der Waals surface area contributed by atoms with Crippen LogP contribution >= 0.6 is 0 Å². The molecule has 0 bridgehead atoms. The number of nitrogens with zero attached hydrogens (tertiary/aromatic N) is 1. The van der Waals surface area contributed by atoms with E-state index in [1.165, 1.54) is 24.3 Å². The average molecular weight is 449 g/mol. The molecule has 0 saturated heterocycles. The van der Waals surface area contributed by atoms with E-state index in [2.05, 4.69) is 18.6 Å². The van der Waals surface area contributed by atoms with Crippen LogP contribution in [-0.4, -0.2) is 28.6 Å². The summed E-state index contributed by atoms with van der Waals surface area (Å²) in [5.41, 5.74) is 2.36. The number of benzene rings is 2. The van der Waals surface area contributed by atoms with Crippen molar-refractivity contribution >= 4 is 16.9 Å². The molecule has 0 unspecified atom stereocenters. The Labute approximate surface area is 184 Å². The second-order valence-electron chi connectivity index (χ2n) is 7.79. The SMILES string of the molecule is CCC(CC)COc1ccc(OC(F)(F)F)cc1Cn1cc(C)c2cc(C(=O)O)ccc21. The molecule has 1 N–H and O–H groups in total. The van der Waals surface area contributed by atoms with Gasteiger partial charge >= 0.3 is 12.3 Å². The molecule has 0 saturated carbocycles. The lowest BCUT2D eigenvalue weighted by atomic mass is 10.1. The Hall–Kier alpha value is -3.16. The van der Waals surface area contributed by atoms with Gasteiger partial charge in [-0.3, -0.25) is 0 Å². The Bertz CT molecular complexity index is 1100. The smallest absolute Gasteiger partial charge is 0.493 e. The third-order valence-electron chi connectivity index (χ3n) is 5.56. The van der Waals surface area contributed by atoms with E-state index in [0.717, 1.165) is 29.3 Å². The first-order valence-electron chi connectivity index (χ1n) is 10.5. The second kappa shape index (κ2) is 9.54. The molecule has 172 valence electrons. The molecular formula is C24H26F3NO4. The number of alkyl halides is 3. The maximum atomic E-state index is 12.8. The third kappa shape index (κ3) is 5.55. The third-order valence-corrected chi connectivity index (χ3v) is 5.56. The summed E-state index contributed by atoms with van der Waals surface area (Å²) in [5, 5.41) is 10.0. The molecule has 3 rings (SSSR count). The molecule has 1 heterocycles. The van der Waals surface area contributed by atoms with Crippen molar-refractivity contribution in [3.05, 3.63) is 59.3 Å². The van der Waals surface area contributed by atoms with Crippen LogP contribution in [0.25, 0.3) is 10.9 Å². The van der Waals surface area contributed by atoms with E-state index in [0.29, 0.717) is 23.8 Å². The van der Waals surface area contributed by atoms with Crippen molar-refractivity contribution in [3.63, 3.8) is 0 Å². The number of aryl methyl sites for hydroxylation is 1. The molecule has 8 heteroatoms. The van der Waals surface area contributed by atoms with Crippen LogP contribution < -0.4 is 9.47 Å². The van der Waals surface area contributed by atoms with E-state index in [1.54, 1.807) is 12.1 Å². The molecule has 1 aromatic heterocycles. The summed E-state index contributed by atoms with van der Waals surface area (Å²) in [6.07, 6.45) is -1.07. The number of fused-ring (bicyclic) bond motifs is 1. The fourth-order valence-electron chi connectivity index (χ4n) is 3.67. The lowest BCUT2D eigenvalue weighted by molar-refractivity contribution is -0.274. The number of carbonyl (C=O) groups is 1. The number of carboxylic acid groups (broad SMARTS) is 1. The van der Waals surface area contributed by atoms with Crippen LogP contribution in [0.5, 0.6) is 11.5 Å². The number of hydrogen-bond donors (Lipinski definition) is 1. The first-order valence-corrected chi connectivity index (χ1v) is 10.5. The van der Waals surface area contributed by atoms with Crippen LogP contribution in [0.15, 0.2) is 42.6 Å². The van der Waals surface area contributed by atoms with Crippen molar-refractivity contribution in [1.29, 1.82) is 0 Å². The van der Waals surface area contributed by atoms with E-state index in [-0.39, 0.29) is 17.9 Å². The summed E-state index contributed by atoms with van der Waals surface area (Å²) < 4.78 is 50.2. The minimum Gasteiger partial charge on any atom is -0.493 e. The highest BCUT2D eigenvalue weighted by molar-refractivity contribution is 5.94. The molecule has 3 aromatic rings. The zero-order valence-electron chi connectivity index (χ0n) is 18.2. The van der Waals surface area contributed by atoms with Gasteiger partial charge in [-0.15, -0.1) is 13.2 Å². The van der Waals surface area contributed by atoms with Crippen LogP contribution in [-0.2, 0) is 6.54 Å². The monoisotopic (exact) mass is 449 g/mol. The summed E-state index contributed by atoms with van der Waals surface area (Å²) in [6, 6.07) is 8.89. The molecule has 2 aromatic carbocycles. The van der Waals surface area contributed by atoms with Crippen molar-refractivity contribution in [2.45, 2.75) is 46.5 Å². The van der Waals surface area contributed by atoms with Crippen LogP contribution in [0.4, 0.5) is 13.2 Å². The zero-order valence-corrected chi connectivity index (χ0v) is 18.2. The first-order chi connectivity index (χ1) is 15.1. The van der Waals surface area contributed by atoms with Gasteiger partial charge in [-0.1, -0.05) is 26.7 Å². The van der Waals surface area contributed by atoms with Gasteiger partial charge in [0.25, 0.3) is 0 Å². The fraction of sp³-hybridized carbons (Fsp3) is 0.375. The number of carboxylic acids is 1. The fourth-order valence-corrected chi connectivity index (χ4v) is 3.67. The van der Waals surface area contributed by atoms with Crippen molar-refractivity contribution in [2.75, 3.05) is 6.61 Å². The van der Waals surface area contributed by atoms with Gasteiger partial charge in [-0.25, -0.2) is 4.79 Å². The van der Waals surface area contributed by atoms with E-state index in [4.69, 9.17) is 4.74 Å². The van der Waals surface area contributed by atoms with Crippen molar-refractivity contribution < 1.29 is 32.5 Å². The maximum absolute atomic E-state index is 12.8. The Morgan fingerprint density at radius 1 is 1.12 bits per heavy atom. The van der Waals surface area contributed by atoms with Gasteiger partial charge in [0, 0.05) is 22.7 Å². The number of aromatic carboxylic acids is 1. The molecule has 0 atom stereocenters. The summed E-state index contributed by atoms with van der Waals surface area (Å²) in [7, 11) is 0. The maximum Gasteiger partial charge on any atom is 0.573 e. The van der Waals surface area contributed by atoms with Crippen LogP contribution in [0, 0.1) is 12.8 Å². The minimum atomic E-state index is -4.79. The van der Waals surface area contributed by atoms with Crippen LogP contribution in [0.2, 0.25) is 0 Å². The van der Waals surface area contributed by atoms with Crippen molar-refractivity contribution in [1.82, 2.24) is 4.57 Å². The average Bonchev–Trinajstić information content (AvgIpc) is 3.03. The molecule has 0 amide bonds. The number of rotatable bonds is 9. The first kappa shape index (κ1) is 23.5. The summed E-state index contributed by atoms with van der Waals surface area (Å²) >= 11 is 0. The van der Waals surface area contributed by atoms with Gasteiger partial charge in [-0.2, -0.15) is 0 Å².